The highest BCUT2D eigenvalue weighted by Crippen LogP contribution is 2.37. The first kappa shape index (κ1) is 33.2. The molecule has 1 aromatic rings. The fourth-order valence-electron chi connectivity index (χ4n) is 6.98. The molecule has 4 rings (SSSR count). The van der Waals surface area contributed by atoms with Crippen molar-refractivity contribution in [2.45, 2.75) is 64.8 Å². The molecule has 3 heterocycles. The topological polar surface area (TPSA) is 76.2 Å². The van der Waals surface area contributed by atoms with Gasteiger partial charge in [0, 0.05) is 71.0 Å². The number of benzene rings is 1. The van der Waals surface area contributed by atoms with Gasteiger partial charge >= 0.3 is 0 Å². The van der Waals surface area contributed by atoms with Gasteiger partial charge in [0.25, 0.3) is 0 Å². The predicted octanol–water partition coefficient (Wildman–Crippen LogP) is 3.35. The molecule has 238 valence electrons. The lowest BCUT2D eigenvalue weighted by Crippen LogP contribution is -2.53. The summed E-state index contributed by atoms with van der Waals surface area (Å²) >= 11 is 0. The van der Waals surface area contributed by atoms with Crippen LogP contribution in [-0.4, -0.2) is 117 Å². The number of halogens is 2. The molecule has 1 N–H and O–H groups in total. The SMILES string of the molecule is CCS(=O)(=O)N1CCC([C@@H](CCN2CCC(N(CC(C)C)C(=O)CN3CCNCC3)CC2)c2cc(F)cc(F)c2)CC1. The highest BCUT2D eigenvalue weighted by Gasteiger charge is 2.34. The van der Waals surface area contributed by atoms with Crippen molar-refractivity contribution in [1.82, 2.24) is 24.3 Å². The van der Waals surface area contributed by atoms with Crippen LogP contribution in [0.3, 0.4) is 0 Å². The Morgan fingerprint density at radius 2 is 1.57 bits per heavy atom. The summed E-state index contributed by atoms with van der Waals surface area (Å²) in [6.07, 6.45) is 3.97. The number of amides is 1. The Hall–Kier alpha value is -1.66. The van der Waals surface area contributed by atoms with Crippen LogP contribution in [0.2, 0.25) is 0 Å². The van der Waals surface area contributed by atoms with E-state index in [4.69, 9.17) is 0 Å². The van der Waals surface area contributed by atoms with Gasteiger partial charge in [-0.25, -0.2) is 21.5 Å². The van der Waals surface area contributed by atoms with Gasteiger partial charge in [0.15, 0.2) is 0 Å². The zero-order valence-electron chi connectivity index (χ0n) is 25.7. The Bertz CT molecular complexity index is 1100. The molecule has 0 aliphatic carbocycles. The maximum atomic E-state index is 14.3. The number of hydrogen-bond acceptors (Lipinski definition) is 6. The summed E-state index contributed by atoms with van der Waals surface area (Å²) in [6.45, 7) is 14.4. The van der Waals surface area contributed by atoms with Crippen LogP contribution < -0.4 is 5.32 Å². The molecule has 0 unspecified atom stereocenters. The van der Waals surface area contributed by atoms with E-state index in [2.05, 4.69) is 33.9 Å². The molecule has 0 saturated carbocycles. The van der Waals surface area contributed by atoms with Gasteiger partial charge in [-0.2, -0.15) is 0 Å². The maximum Gasteiger partial charge on any atom is 0.237 e. The molecule has 0 aromatic heterocycles. The van der Waals surface area contributed by atoms with Crippen molar-refractivity contribution >= 4 is 15.9 Å². The number of rotatable bonds is 12. The van der Waals surface area contributed by atoms with E-state index < -0.39 is 21.7 Å². The number of hydrogen-bond donors (Lipinski definition) is 1. The first-order chi connectivity index (χ1) is 20.1. The minimum atomic E-state index is -3.24. The molecule has 3 fully saturated rings. The van der Waals surface area contributed by atoms with Gasteiger partial charge in [-0.1, -0.05) is 13.8 Å². The molecule has 42 heavy (non-hydrogen) atoms. The van der Waals surface area contributed by atoms with Gasteiger partial charge in [-0.05, 0) is 81.0 Å². The van der Waals surface area contributed by atoms with Crippen molar-refractivity contribution < 1.29 is 22.0 Å². The number of sulfonamides is 1. The fraction of sp³-hybridized carbons (Fsp3) is 0.774. The number of carbonyl (C=O) groups is 1. The summed E-state index contributed by atoms with van der Waals surface area (Å²) in [5.74, 6) is -0.305. The predicted molar refractivity (Wildman–Crippen MR) is 163 cm³/mol. The summed E-state index contributed by atoms with van der Waals surface area (Å²) in [7, 11) is -3.24. The molecule has 1 amide bonds. The number of carbonyl (C=O) groups excluding carboxylic acids is 1. The van der Waals surface area contributed by atoms with Crippen molar-refractivity contribution in [2.24, 2.45) is 11.8 Å². The number of piperazine rings is 1. The number of nitrogens with zero attached hydrogens (tertiary/aromatic N) is 4. The number of piperidine rings is 2. The highest BCUT2D eigenvalue weighted by molar-refractivity contribution is 7.89. The Kier molecular flexibility index (Phi) is 12.2. The second-order valence-corrected chi connectivity index (χ2v) is 15.0. The first-order valence-electron chi connectivity index (χ1n) is 15.9. The Morgan fingerprint density at radius 1 is 0.952 bits per heavy atom. The summed E-state index contributed by atoms with van der Waals surface area (Å²) in [6, 6.07) is 4.04. The second kappa shape index (κ2) is 15.4. The quantitative estimate of drug-likeness (QED) is 0.391. The van der Waals surface area contributed by atoms with E-state index in [-0.39, 0.29) is 29.5 Å². The molecule has 1 aromatic carbocycles. The van der Waals surface area contributed by atoms with Crippen molar-refractivity contribution in [3.05, 3.63) is 35.4 Å². The third-order valence-corrected chi connectivity index (χ3v) is 11.2. The van der Waals surface area contributed by atoms with Crippen LogP contribution in [0.4, 0.5) is 8.78 Å². The van der Waals surface area contributed by atoms with Crippen LogP contribution in [0.1, 0.15) is 64.4 Å². The number of nitrogens with one attached hydrogen (secondary N) is 1. The third kappa shape index (κ3) is 9.17. The van der Waals surface area contributed by atoms with Gasteiger partial charge < -0.3 is 15.1 Å². The van der Waals surface area contributed by atoms with E-state index in [1.807, 2.05) is 0 Å². The minimum absolute atomic E-state index is 0.0440. The molecule has 3 aliphatic rings. The van der Waals surface area contributed by atoms with E-state index in [1.165, 1.54) is 12.1 Å². The fourth-order valence-corrected chi connectivity index (χ4v) is 8.11. The van der Waals surface area contributed by atoms with Crippen molar-refractivity contribution in [3.63, 3.8) is 0 Å². The standard InChI is InChI=1S/C31H51F2N5O3S/c1-4-42(40,41)37-15-5-25(6-16-37)30(26-19-27(32)21-28(33)20-26)9-14-35-12-7-29(8-13-35)38(22-24(2)3)31(39)23-36-17-10-34-11-18-36/h19-21,24-25,29-30,34H,4-18,22-23H2,1-3H3/t30-/m1/s1. The normalized spacial score (nSPS) is 21.6. The molecule has 3 aliphatic heterocycles. The lowest BCUT2D eigenvalue weighted by molar-refractivity contribution is -0.136. The van der Waals surface area contributed by atoms with Crippen molar-refractivity contribution in [1.29, 1.82) is 0 Å². The maximum absolute atomic E-state index is 14.3. The van der Waals surface area contributed by atoms with E-state index in [1.54, 1.807) is 11.2 Å². The van der Waals surface area contributed by atoms with E-state index in [9.17, 15) is 22.0 Å². The van der Waals surface area contributed by atoms with Crippen LogP contribution in [0.15, 0.2) is 18.2 Å². The van der Waals surface area contributed by atoms with Gasteiger partial charge in [-0.3, -0.25) is 9.69 Å². The Labute approximate surface area is 251 Å². The van der Waals surface area contributed by atoms with Gasteiger partial charge in [0.05, 0.1) is 12.3 Å². The third-order valence-electron chi connectivity index (χ3n) is 9.34. The summed E-state index contributed by atoms with van der Waals surface area (Å²) in [5.41, 5.74) is 0.667. The smallest absolute Gasteiger partial charge is 0.237 e. The number of likely N-dealkylation sites (tertiary alicyclic amines) is 1. The summed E-state index contributed by atoms with van der Waals surface area (Å²) < 4.78 is 54.9. The van der Waals surface area contributed by atoms with E-state index >= 15 is 0 Å². The highest BCUT2D eigenvalue weighted by atomic mass is 32.2. The lowest BCUT2D eigenvalue weighted by atomic mass is 9.78. The molecule has 3 saturated heterocycles. The molecule has 8 nitrogen and oxygen atoms in total. The molecular formula is C31H51F2N5O3S. The monoisotopic (exact) mass is 611 g/mol. The zero-order valence-corrected chi connectivity index (χ0v) is 26.6. The molecule has 0 bridgehead atoms. The molecule has 11 heteroatoms. The Morgan fingerprint density at radius 3 is 2.14 bits per heavy atom. The van der Waals surface area contributed by atoms with Crippen LogP contribution in [0.5, 0.6) is 0 Å². The minimum Gasteiger partial charge on any atom is -0.338 e. The average molecular weight is 612 g/mol. The molecular weight excluding hydrogens is 560 g/mol. The first-order valence-corrected chi connectivity index (χ1v) is 17.5. The summed E-state index contributed by atoms with van der Waals surface area (Å²) in [4.78, 5) is 20.2. The second-order valence-electron chi connectivity index (χ2n) is 12.8. The van der Waals surface area contributed by atoms with Crippen molar-refractivity contribution in [2.75, 3.05) is 77.7 Å². The molecule has 0 radical (unpaired) electrons. The Balaban J connectivity index is 1.36. The van der Waals surface area contributed by atoms with Crippen LogP contribution in [-0.2, 0) is 14.8 Å². The van der Waals surface area contributed by atoms with Crippen LogP contribution >= 0.6 is 0 Å². The van der Waals surface area contributed by atoms with Gasteiger partial charge in [0.2, 0.25) is 15.9 Å². The van der Waals surface area contributed by atoms with Crippen molar-refractivity contribution in [3.8, 4) is 0 Å². The zero-order chi connectivity index (χ0) is 30.3. The average Bonchev–Trinajstić information content (AvgIpc) is 2.96. The van der Waals surface area contributed by atoms with Gasteiger partial charge in [-0.15, -0.1) is 0 Å². The summed E-state index contributed by atoms with van der Waals surface area (Å²) in [5, 5.41) is 3.35. The van der Waals surface area contributed by atoms with E-state index in [0.29, 0.717) is 44.0 Å². The largest absolute Gasteiger partial charge is 0.338 e. The van der Waals surface area contributed by atoms with E-state index in [0.717, 1.165) is 77.7 Å². The van der Waals surface area contributed by atoms with Crippen LogP contribution in [0, 0.1) is 23.5 Å². The molecule has 0 spiro atoms. The molecule has 1 atom stereocenters. The lowest BCUT2D eigenvalue weighted by Gasteiger charge is -2.41. The van der Waals surface area contributed by atoms with Gasteiger partial charge in [0.1, 0.15) is 11.6 Å². The van der Waals surface area contributed by atoms with Crippen LogP contribution in [0.25, 0.3) is 0 Å².